The Labute approximate surface area is 150 Å². The van der Waals surface area contributed by atoms with Gasteiger partial charge in [-0.15, -0.1) is 0 Å². The highest BCUT2D eigenvalue weighted by Crippen LogP contribution is 2.23. The Bertz CT molecular complexity index is 674. The molecule has 0 bridgehead atoms. The summed E-state index contributed by atoms with van der Waals surface area (Å²) in [6, 6.07) is 14.8. The van der Waals surface area contributed by atoms with Crippen molar-refractivity contribution in [3.63, 3.8) is 0 Å². The fourth-order valence-corrected chi connectivity index (χ4v) is 3.77. The summed E-state index contributed by atoms with van der Waals surface area (Å²) in [5, 5.41) is 0. The molecule has 2 atom stereocenters. The van der Waals surface area contributed by atoms with Crippen LogP contribution in [0.1, 0.15) is 24.5 Å². The van der Waals surface area contributed by atoms with E-state index in [1.165, 1.54) is 5.56 Å². The number of rotatable bonds is 5. The number of piperidine rings is 1. The summed E-state index contributed by atoms with van der Waals surface area (Å²) in [5.41, 5.74) is 2.34. The first-order valence-electron chi connectivity index (χ1n) is 9.04. The number of amides is 1. The lowest BCUT2D eigenvalue weighted by Gasteiger charge is -2.41. The maximum Gasteiger partial charge on any atom is 0.227 e. The normalized spacial score (nSPS) is 21.0. The molecule has 0 saturated carbocycles. The van der Waals surface area contributed by atoms with E-state index in [1.54, 1.807) is 12.4 Å². The summed E-state index contributed by atoms with van der Waals surface area (Å²) in [4.78, 5) is 21.2. The standard InChI is InChI=1S/C21H27N3O/c1-17-15-24(16-18-7-4-3-5-8-18)12-10-20(17)23(2)21(25)13-19-9-6-11-22-14-19/h3-9,11,14,17,20H,10,12-13,15-16H2,1-2H3. The van der Waals surface area contributed by atoms with Crippen LogP contribution in [-0.2, 0) is 17.8 Å². The Morgan fingerprint density at radius 1 is 1.20 bits per heavy atom. The zero-order valence-electron chi connectivity index (χ0n) is 15.1. The molecule has 1 saturated heterocycles. The van der Waals surface area contributed by atoms with Crippen molar-refractivity contribution >= 4 is 5.91 Å². The van der Waals surface area contributed by atoms with Gasteiger partial charge < -0.3 is 4.90 Å². The van der Waals surface area contributed by atoms with Gasteiger partial charge in [-0.2, -0.15) is 0 Å². The maximum absolute atomic E-state index is 12.6. The third-order valence-corrected chi connectivity index (χ3v) is 5.16. The average molecular weight is 337 g/mol. The summed E-state index contributed by atoms with van der Waals surface area (Å²) >= 11 is 0. The van der Waals surface area contributed by atoms with Gasteiger partial charge in [-0.3, -0.25) is 14.7 Å². The first-order chi connectivity index (χ1) is 12.1. The van der Waals surface area contributed by atoms with Crippen LogP contribution < -0.4 is 0 Å². The van der Waals surface area contributed by atoms with Crippen molar-refractivity contribution < 1.29 is 4.79 Å². The van der Waals surface area contributed by atoms with Gasteiger partial charge in [-0.1, -0.05) is 43.3 Å². The molecule has 2 heterocycles. The van der Waals surface area contributed by atoms with Crippen LogP contribution in [0.3, 0.4) is 0 Å². The van der Waals surface area contributed by atoms with E-state index in [-0.39, 0.29) is 5.91 Å². The topological polar surface area (TPSA) is 36.4 Å². The van der Waals surface area contributed by atoms with Gasteiger partial charge in [0.25, 0.3) is 0 Å². The molecule has 4 nitrogen and oxygen atoms in total. The van der Waals surface area contributed by atoms with E-state index in [9.17, 15) is 4.79 Å². The minimum absolute atomic E-state index is 0.182. The zero-order chi connectivity index (χ0) is 17.6. The van der Waals surface area contributed by atoms with Crippen molar-refractivity contribution in [2.45, 2.75) is 32.4 Å². The van der Waals surface area contributed by atoms with Crippen molar-refractivity contribution in [3.05, 3.63) is 66.0 Å². The maximum atomic E-state index is 12.6. The van der Waals surface area contributed by atoms with Crippen LogP contribution in [0, 0.1) is 5.92 Å². The summed E-state index contributed by atoms with van der Waals surface area (Å²) in [6.45, 7) is 5.32. The smallest absolute Gasteiger partial charge is 0.227 e. The van der Waals surface area contributed by atoms with Crippen molar-refractivity contribution in [1.82, 2.24) is 14.8 Å². The molecule has 1 aliphatic heterocycles. The molecule has 1 aliphatic rings. The fraction of sp³-hybridized carbons (Fsp3) is 0.429. The van der Waals surface area contributed by atoms with Crippen molar-refractivity contribution in [2.24, 2.45) is 5.92 Å². The van der Waals surface area contributed by atoms with Gasteiger partial charge in [0.15, 0.2) is 0 Å². The molecule has 4 heteroatoms. The second kappa shape index (κ2) is 8.26. The highest BCUT2D eigenvalue weighted by Gasteiger charge is 2.31. The quantitative estimate of drug-likeness (QED) is 0.841. The number of pyridine rings is 1. The molecule has 0 radical (unpaired) electrons. The minimum Gasteiger partial charge on any atom is -0.342 e. The second-order valence-corrected chi connectivity index (χ2v) is 7.10. The molecule has 1 aromatic heterocycles. The summed E-state index contributed by atoms with van der Waals surface area (Å²) in [5.74, 6) is 0.654. The van der Waals surface area contributed by atoms with Gasteiger partial charge in [0.2, 0.25) is 5.91 Å². The third-order valence-electron chi connectivity index (χ3n) is 5.16. The molecule has 1 fully saturated rings. The number of hydrogen-bond donors (Lipinski definition) is 0. The van der Waals surface area contributed by atoms with E-state index in [2.05, 4.69) is 47.1 Å². The van der Waals surface area contributed by atoms with Crippen LogP contribution in [0.4, 0.5) is 0 Å². The monoisotopic (exact) mass is 337 g/mol. The highest BCUT2D eigenvalue weighted by molar-refractivity contribution is 5.78. The predicted molar refractivity (Wildman–Crippen MR) is 100.0 cm³/mol. The van der Waals surface area contributed by atoms with Crippen LogP contribution >= 0.6 is 0 Å². The largest absolute Gasteiger partial charge is 0.342 e. The van der Waals surface area contributed by atoms with Gasteiger partial charge in [0.1, 0.15) is 0 Å². The molecule has 2 unspecified atom stereocenters. The lowest BCUT2D eigenvalue weighted by atomic mass is 9.92. The third kappa shape index (κ3) is 4.67. The van der Waals surface area contributed by atoms with Gasteiger partial charge in [0.05, 0.1) is 6.42 Å². The van der Waals surface area contributed by atoms with Gasteiger partial charge in [-0.05, 0) is 29.5 Å². The van der Waals surface area contributed by atoms with Crippen molar-refractivity contribution in [2.75, 3.05) is 20.1 Å². The van der Waals surface area contributed by atoms with E-state index >= 15 is 0 Å². The molecular formula is C21H27N3O. The van der Waals surface area contributed by atoms with Crippen LogP contribution in [0.2, 0.25) is 0 Å². The van der Waals surface area contributed by atoms with E-state index in [0.717, 1.165) is 31.6 Å². The highest BCUT2D eigenvalue weighted by atomic mass is 16.2. The summed E-state index contributed by atoms with van der Waals surface area (Å²) in [6.07, 6.45) is 4.98. The molecule has 0 aliphatic carbocycles. The number of likely N-dealkylation sites (N-methyl/N-ethyl adjacent to an activating group) is 1. The molecule has 132 valence electrons. The van der Waals surface area contributed by atoms with E-state index in [0.29, 0.717) is 18.4 Å². The van der Waals surface area contributed by atoms with E-state index in [4.69, 9.17) is 0 Å². The number of carbonyl (C=O) groups is 1. The lowest BCUT2D eigenvalue weighted by Crippen LogP contribution is -2.50. The zero-order valence-corrected chi connectivity index (χ0v) is 15.1. The fourth-order valence-electron chi connectivity index (χ4n) is 3.77. The van der Waals surface area contributed by atoms with Crippen LogP contribution in [-0.4, -0.2) is 46.9 Å². The number of carbonyl (C=O) groups excluding carboxylic acids is 1. The first kappa shape index (κ1) is 17.6. The number of benzene rings is 1. The van der Waals surface area contributed by atoms with Crippen molar-refractivity contribution in [1.29, 1.82) is 0 Å². The number of nitrogens with zero attached hydrogens (tertiary/aromatic N) is 3. The molecule has 1 amide bonds. The second-order valence-electron chi connectivity index (χ2n) is 7.10. The molecule has 3 rings (SSSR count). The van der Waals surface area contributed by atoms with Crippen LogP contribution in [0.25, 0.3) is 0 Å². The number of hydrogen-bond acceptors (Lipinski definition) is 3. The first-order valence-corrected chi connectivity index (χ1v) is 9.04. The molecule has 1 aromatic carbocycles. The number of aromatic nitrogens is 1. The van der Waals surface area contributed by atoms with E-state index in [1.807, 2.05) is 24.1 Å². The molecule has 0 spiro atoms. The SMILES string of the molecule is CC1CN(Cc2ccccc2)CCC1N(C)C(=O)Cc1cccnc1. The molecule has 25 heavy (non-hydrogen) atoms. The molecular weight excluding hydrogens is 310 g/mol. The van der Waals surface area contributed by atoms with Gasteiger partial charge in [0, 0.05) is 45.1 Å². The Morgan fingerprint density at radius 3 is 2.64 bits per heavy atom. The minimum atomic E-state index is 0.182. The van der Waals surface area contributed by atoms with Crippen LogP contribution in [0.5, 0.6) is 0 Å². The van der Waals surface area contributed by atoms with Gasteiger partial charge in [-0.25, -0.2) is 0 Å². The van der Waals surface area contributed by atoms with Crippen molar-refractivity contribution in [3.8, 4) is 0 Å². The van der Waals surface area contributed by atoms with Crippen LogP contribution in [0.15, 0.2) is 54.9 Å². The summed E-state index contributed by atoms with van der Waals surface area (Å²) in [7, 11) is 1.95. The lowest BCUT2D eigenvalue weighted by molar-refractivity contribution is -0.133. The Hall–Kier alpha value is -2.20. The van der Waals surface area contributed by atoms with E-state index < -0.39 is 0 Å². The average Bonchev–Trinajstić information content (AvgIpc) is 2.63. The number of likely N-dealkylation sites (tertiary alicyclic amines) is 1. The summed E-state index contributed by atoms with van der Waals surface area (Å²) < 4.78 is 0. The Balaban J connectivity index is 1.54. The predicted octanol–water partition coefficient (Wildman–Crippen LogP) is 2.99. The molecule has 0 N–H and O–H groups in total. The Kier molecular flexibility index (Phi) is 5.82. The molecule has 2 aromatic rings. The van der Waals surface area contributed by atoms with Gasteiger partial charge >= 0.3 is 0 Å². The Morgan fingerprint density at radius 2 is 1.96 bits per heavy atom.